The molecule has 1 aromatic rings. The van der Waals surface area contributed by atoms with Crippen LogP contribution in [-0.4, -0.2) is 23.5 Å². The molecule has 16 heavy (non-hydrogen) atoms. The number of carboxylic acid groups (broad SMARTS) is 1. The number of carbonyl (C=O) groups excluding carboxylic acids is 1. The van der Waals surface area contributed by atoms with Crippen molar-refractivity contribution < 1.29 is 14.7 Å². The molecule has 0 atom stereocenters. The number of carboxylic acids is 1. The zero-order valence-electron chi connectivity index (χ0n) is 8.31. The third kappa shape index (κ3) is 4.61. The number of halogens is 1. The lowest BCUT2D eigenvalue weighted by molar-refractivity contribution is -0.137. The van der Waals surface area contributed by atoms with Gasteiger partial charge in [0.05, 0.1) is 0 Å². The molecule has 0 spiro atoms. The molecule has 0 unspecified atom stereocenters. The molecule has 0 bridgehead atoms. The number of hydrogen-bond acceptors (Lipinski definition) is 2. The van der Waals surface area contributed by atoms with Gasteiger partial charge in [-0.05, 0) is 23.8 Å². The lowest BCUT2D eigenvalue weighted by Gasteiger charge is -1.96. The van der Waals surface area contributed by atoms with Crippen molar-refractivity contribution >= 4 is 29.6 Å². The minimum atomic E-state index is -1.08. The summed E-state index contributed by atoms with van der Waals surface area (Å²) in [5, 5.41) is 11.2. The molecule has 0 radical (unpaired) electrons. The van der Waals surface area contributed by atoms with E-state index in [1.165, 1.54) is 6.08 Å². The molecule has 0 heterocycles. The van der Waals surface area contributed by atoms with Crippen molar-refractivity contribution in [2.75, 3.05) is 6.54 Å². The molecular weight excluding hydrogens is 230 g/mol. The van der Waals surface area contributed by atoms with E-state index in [0.29, 0.717) is 5.02 Å². The molecule has 1 amide bonds. The lowest BCUT2D eigenvalue weighted by Crippen LogP contribution is -2.27. The summed E-state index contributed by atoms with van der Waals surface area (Å²) in [5.41, 5.74) is 0.815. The van der Waals surface area contributed by atoms with Crippen LogP contribution in [0.3, 0.4) is 0 Å². The summed E-state index contributed by atoms with van der Waals surface area (Å²) in [6.45, 7) is -0.385. The monoisotopic (exact) mass is 239 g/mol. The molecule has 84 valence electrons. The van der Waals surface area contributed by atoms with Gasteiger partial charge in [0.25, 0.3) is 0 Å². The second kappa shape index (κ2) is 5.92. The maximum Gasteiger partial charge on any atom is 0.322 e. The first-order chi connectivity index (χ1) is 7.58. The molecule has 0 aromatic heterocycles. The molecule has 2 N–H and O–H groups in total. The van der Waals surface area contributed by atoms with E-state index < -0.39 is 11.9 Å². The number of amides is 1. The van der Waals surface area contributed by atoms with Crippen LogP contribution >= 0.6 is 11.6 Å². The number of aliphatic carboxylic acids is 1. The average molecular weight is 240 g/mol. The summed E-state index contributed by atoms with van der Waals surface area (Å²) in [5.74, 6) is -1.52. The van der Waals surface area contributed by atoms with Gasteiger partial charge in [0.1, 0.15) is 6.54 Å². The van der Waals surface area contributed by atoms with Crippen molar-refractivity contribution in [3.8, 4) is 0 Å². The standard InChI is InChI=1S/C11H10ClNO3/c12-9-4-1-8(2-5-9)3-6-10(14)13-7-11(15)16/h1-6H,7H2,(H,13,14)(H,15,16)/b6-3+. The van der Waals surface area contributed by atoms with E-state index in [9.17, 15) is 9.59 Å². The van der Waals surface area contributed by atoms with Gasteiger partial charge in [-0.3, -0.25) is 9.59 Å². The van der Waals surface area contributed by atoms with Gasteiger partial charge in [0.15, 0.2) is 0 Å². The van der Waals surface area contributed by atoms with Gasteiger partial charge >= 0.3 is 5.97 Å². The summed E-state index contributed by atoms with van der Waals surface area (Å²) in [7, 11) is 0. The summed E-state index contributed by atoms with van der Waals surface area (Å²) >= 11 is 5.69. The van der Waals surface area contributed by atoms with E-state index in [1.54, 1.807) is 30.3 Å². The number of rotatable bonds is 4. The minimum Gasteiger partial charge on any atom is -0.480 e. The van der Waals surface area contributed by atoms with E-state index >= 15 is 0 Å². The Balaban J connectivity index is 2.50. The summed E-state index contributed by atoms with van der Waals surface area (Å²) in [6, 6.07) is 6.92. The van der Waals surface area contributed by atoms with Crippen LogP contribution in [0, 0.1) is 0 Å². The molecule has 1 rings (SSSR count). The normalized spacial score (nSPS) is 10.3. The van der Waals surface area contributed by atoms with Crippen molar-refractivity contribution in [1.29, 1.82) is 0 Å². The highest BCUT2D eigenvalue weighted by Crippen LogP contribution is 2.10. The maximum atomic E-state index is 11.1. The quantitative estimate of drug-likeness (QED) is 0.784. The molecule has 1 aromatic carbocycles. The van der Waals surface area contributed by atoms with Gasteiger partial charge < -0.3 is 10.4 Å². The highest BCUT2D eigenvalue weighted by atomic mass is 35.5. The second-order valence-electron chi connectivity index (χ2n) is 3.00. The van der Waals surface area contributed by atoms with Crippen LogP contribution in [-0.2, 0) is 9.59 Å². The third-order valence-corrected chi connectivity index (χ3v) is 1.96. The van der Waals surface area contributed by atoms with Crippen molar-refractivity contribution in [2.24, 2.45) is 0 Å². The Morgan fingerprint density at radius 3 is 2.50 bits per heavy atom. The predicted molar refractivity (Wildman–Crippen MR) is 61.1 cm³/mol. The Morgan fingerprint density at radius 1 is 1.31 bits per heavy atom. The smallest absolute Gasteiger partial charge is 0.322 e. The number of carbonyl (C=O) groups is 2. The lowest BCUT2D eigenvalue weighted by atomic mass is 10.2. The Kier molecular flexibility index (Phi) is 4.54. The summed E-state index contributed by atoms with van der Waals surface area (Å²) < 4.78 is 0. The molecular formula is C11H10ClNO3. The topological polar surface area (TPSA) is 66.4 Å². The molecule has 4 nitrogen and oxygen atoms in total. The van der Waals surface area contributed by atoms with E-state index in [2.05, 4.69) is 5.32 Å². The molecule has 0 aliphatic rings. The minimum absolute atomic E-state index is 0.385. The van der Waals surface area contributed by atoms with Crippen molar-refractivity contribution in [3.05, 3.63) is 40.9 Å². The first kappa shape index (κ1) is 12.3. The largest absolute Gasteiger partial charge is 0.480 e. The number of nitrogens with one attached hydrogen (secondary N) is 1. The summed E-state index contributed by atoms with van der Waals surface area (Å²) in [6.07, 6.45) is 2.85. The average Bonchev–Trinajstić information content (AvgIpc) is 2.25. The van der Waals surface area contributed by atoms with E-state index in [-0.39, 0.29) is 6.54 Å². The van der Waals surface area contributed by atoms with Gasteiger partial charge in [0, 0.05) is 11.1 Å². The van der Waals surface area contributed by atoms with E-state index in [4.69, 9.17) is 16.7 Å². The van der Waals surface area contributed by atoms with E-state index in [0.717, 1.165) is 5.56 Å². The van der Waals surface area contributed by atoms with Gasteiger partial charge in [-0.15, -0.1) is 0 Å². The Hall–Kier alpha value is -1.81. The van der Waals surface area contributed by atoms with Crippen LogP contribution in [0.25, 0.3) is 6.08 Å². The second-order valence-corrected chi connectivity index (χ2v) is 3.43. The van der Waals surface area contributed by atoms with Crippen molar-refractivity contribution in [2.45, 2.75) is 0 Å². The van der Waals surface area contributed by atoms with Crippen LogP contribution in [0.4, 0.5) is 0 Å². The van der Waals surface area contributed by atoms with Crippen LogP contribution in [0.5, 0.6) is 0 Å². The first-order valence-corrected chi connectivity index (χ1v) is 4.89. The molecule has 0 saturated heterocycles. The van der Waals surface area contributed by atoms with Crippen LogP contribution in [0.15, 0.2) is 30.3 Å². The molecule has 5 heteroatoms. The van der Waals surface area contributed by atoms with Gasteiger partial charge in [0.2, 0.25) is 5.91 Å². The predicted octanol–water partition coefficient (Wildman–Crippen LogP) is 1.55. The Bertz CT molecular complexity index is 412. The molecule has 0 saturated carbocycles. The zero-order chi connectivity index (χ0) is 12.0. The van der Waals surface area contributed by atoms with Gasteiger partial charge in [-0.25, -0.2) is 0 Å². The third-order valence-electron chi connectivity index (χ3n) is 1.71. The number of benzene rings is 1. The molecule has 0 fully saturated rings. The SMILES string of the molecule is O=C(O)CNC(=O)/C=C/c1ccc(Cl)cc1. The number of hydrogen-bond donors (Lipinski definition) is 2. The Morgan fingerprint density at radius 2 is 1.94 bits per heavy atom. The Labute approximate surface area is 97.5 Å². The fourth-order valence-electron chi connectivity index (χ4n) is 0.967. The van der Waals surface area contributed by atoms with Gasteiger partial charge in [-0.1, -0.05) is 23.7 Å². The van der Waals surface area contributed by atoms with E-state index in [1.807, 2.05) is 0 Å². The van der Waals surface area contributed by atoms with Crippen LogP contribution in [0.2, 0.25) is 5.02 Å². The first-order valence-electron chi connectivity index (χ1n) is 4.51. The van der Waals surface area contributed by atoms with Crippen LogP contribution < -0.4 is 5.32 Å². The van der Waals surface area contributed by atoms with Crippen molar-refractivity contribution in [3.63, 3.8) is 0 Å². The van der Waals surface area contributed by atoms with Gasteiger partial charge in [-0.2, -0.15) is 0 Å². The summed E-state index contributed by atoms with van der Waals surface area (Å²) in [4.78, 5) is 21.3. The fraction of sp³-hybridized carbons (Fsp3) is 0.0909. The van der Waals surface area contributed by atoms with Crippen molar-refractivity contribution in [1.82, 2.24) is 5.32 Å². The molecule has 0 aliphatic carbocycles. The highest BCUT2D eigenvalue weighted by molar-refractivity contribution is 6.30. The van der Waals surface area contributed by atoms with Crippen LogP contribution in [0.1, 0.15) is 5.56 Å². The fourth-order valence-corrected chi connectivity index (χ4v) is 1.09. The maximum absolute atomic E-state index is 11.1. The zero-order valence-corrected chi connectivity index (χ0v) is 9.07. The molecule has 0 aliphatic heterocycles. The highest BCUT2D eigenvalue weighted by Gasteiger charge is 1.98.